The van der Waals surface area contributed by atoms with Gasteiger partial charge in [0.15, 0.2) is 11.5 Å². The number of ether oxygens (including phenoxy) is 1. The van der Waals surface area contributed by atoms with Crippen LogP contribution in [-0.4, -0.2) is 62.0 Å². The number of rotatable bonds is 6. The number of fused-ring (bicyclic) bond motifs is 1. The fourth-order valence-electron chi connectivity index (χ4n) is 2.96. The monoisotopic (exact) mass is 376 g/mol. The van der Waals surface area contributed by atoms with E-state index in [0.29, 0.717) is 30.4 Å². The lowest BCUT2D eigenvalue weighted by Gasteiger charge is -2.15. The van der Waals surface area contributed by atoms with Crippen molar-refractivity contribution in [3.63, 3.8) is 0 Å². The van der Waals surface area contributed by atoms with Gasteiger partial charge in [0, 0.05) is 39.3 Å². The zero-order chi connectivity index (χ0) is 19.5. The molecule has 0 N–H and O–H groups in total. The van der Waals surface area contributed by atoms with E-state index in [1.165, 1.54) is 0 Å². The second kappa shape index (κ2) is 7.61. The van der Waals surface area contributed by atoms with Gasteiger partial charge < -0.3 is 9.64 Å². The van der Waals surface area contributed by atoms with Crippen LogP contribution in [0.4, 0.5) is 0 Å². The smallest absolute Gasteiger partial charge is 0.274 e. The number of hydrogen-bond donors (Lipinski definition) is 0. The van der Waals surface area contributed by atoms with Gasteiger partial charge in [-0.15, -0.1) is 0 Å². The molecule has 0 atom stereocenters. The van der Waals surface area contributed by atoms with Crippen molar-refractivity contribution in [2.45, 2.75) is 0 Å². The minimum absolute atomic E-state index is 0.156. The van der Waals surface area contributed by atoms with Gasteiger partial charge in [0.25, 0.3) is 5.91 Å². The normalized spacial score (nSPS) is 11.1. The van der Waals surface area contributed by atoms with Crippen LogP contribution in [0.25, 0.3) is 22.9 Å². The summed E-state index contributed by atoms with van der Waals surface area (Å²) >= 11 is 0. The number of pyridine rings is 2. The molecular weight excluding hydrogens is 356 g/mol. The van der Waals surface area contributed by atoms with Crippen molar-refractivity contribution in [3.05, 3.63) is 67.0 Å². The third-order valence-corrected chi connectivity index (χ3v) is 4.45. The molecule has 4 aromatic rings. The van der Waals surface area contributed by atoms with Gasteiger partial charge in [0.1, 0.15) is 17.8 Å². The average Bonchev–Trinajstić information content (AvgIpc) is 3.37. The third-order valence-electron chi connectivity index (χ3n) is 4.45. The SMILES string of the molecule is COCCN(C)C(=O)c1nc(-c2cn(-c3ccccn3)cn2)n2ccccc12. The minimum Gasteiger partial charge on any atom is -0.383 e. The fourth-order valence-corrected chi connectivity index (χ4v) is 2.96. The van der Waals surface area contributed by atoms with Crippen LogP contribution in [-0.2, 0) is 4.74 Å². The molecule has 0 aliphatic rings. The van der Waals surface area contributed by atoms with E-state index in [1.807, 2.05) is 57.8 Å². The van der Waals surface area contributed by atoms with Crippen LogP contribution in [0.15, 0.2) is 61.3 Å². The molecule has 4 rings (SSSR count). The average molecular weight is 376 g/mol. The Morgan fingerprint density at radius 1 is 1.18 bits per heavy atom. The highest BCUT2D eigenvalue weighted by atomic mass is 16.5. The standard InChI is InChI=1S/C20H20N6O2/c1-24(11-12-28-2)20(27)18-16-7-4-6-10-26(16)19(23-18)15-13-25(14-22-15)17-8-3-5-9-21-17/h3-10,13-14H,11-12H2,1-2H3. The minimum atomic E-state index is -0.156. The summed E-state index contributed by atoms with van der Waals surface area (Å²) in [7, 11) is 3.35. The molecular formula is C20H20N6O2. The van der Waals surface area contributed by atoms with Crippen molar-refractivity contribution in [3.8, 4) is 17.3 Å². The zero-order valence-corrected chi connectivity index (χ0v) is 15.7. The maximum Gasteiger partial charge on any atom is 0.274 e. The lowest BCUT2D eigenvalue weighted by atomic mass is 10.3. The van der Waals surface area contributed by atoms with Crippen LogP contribution in [0.1, 0.15) is 10.5 Å². The molecule has 0 bridgehead atoms. The number of amides is 1. The molecule has 142 valence electrons. The van der Waals surface area contributed by atoms with Gasteiger partial charge in [0.2, 0.25) is 0 Å². The van der Waals surface area contributed by atoms with Gasteiger partial charge >= 0.3 is 0 Å². The molecule has 0 aliphatic carbocycles. The highest BCUT2D eigenvalue weighted by Crippen LogP contribution is 2.23. The molecule has 0 radical (unpaired) electrons. The molecule has 4 heterocycles. The molecule has 1 amide bonds. The van der Waals surface area contributed by atoms with E-state index in [2.05, 4.69) is 15.0 Å². The Hall–Kier alpha value is -3.52. The lowest BCUT2D eigenvalue weighted by molar-refractivity contribution is 0.0741. The number of aromatic nitrogens is 5. The molecule has 0 fully saturated rings. The molecule has 4 aromatic heterocycles. The van der Waals surface area contributed by atoms with Crippen LogP contribution >= 0.6 is 0 Å². The summed E-state index contributed by atoms with van der Waals surface area (Å²) in [6.45, 7) is 0.959. The number of hydrogen-bond acceptors (Lipinski definition) is 5. The maximum atomic E-state index is 12.9. The summed E-state index contributed by atoms with van der Waals surface area (Å²) in [5, 5.41) is 0. The van der Waals surface area contributed by atoms with Crippen molar-refractivity contribution >= 4 is 11.4 Å². The lowest BCUT2D eigenvalue weighted by Crippen LogP contribution is -2.30. The van der Waals surface area contributed by atoms with Crippen LogP contribution < -0.4 is 0 Å². The predicted molar refractivity (Wildman–Crippen MR) is 104 cm³/mol. The highest BCUT2D eigenvalue weighted by Gasteiger charge is 2.22. The van der Waals surface area contributed by atoms with Gasteiger partial charge in [0.05, 0.1) is 12.1 Å². The van der Waals surface area contributed by atoms with Crippen LogP contribution in [0, 0.1) is 0 Å². The van der Waals surface area contributed by atoms with Gasteiger partial charge in [-0.1, -0.05) is 12.1 Å². The van der Waals surface area contributed by atoms with E-state index in [1.54, 1.807) is 31.6 Å². The summed E-state index contributed by atoms with van der Waals surface area (Å²) in [6.07, 6.45) is 7.15. The molecule has 8 nitrogen and oxygen atoms in total. The Bertz CT molecular complexity index is 1100. The van der Waals surface area contributed by atoms with E-state index in [9.17, 15) is 4.79 Å². The summed E-state index contributed by atoms with van der Waals surface area (Å²) in [4.78, 5) is 27.9. The number of likely N-dealkylation sites (N-methyl/N-ethyl adjacent to an activating group) is 1. The molecule has 0 aliphatic heterocycles. The van der Waals surface area contributed by atoms with E-state index >= 15 is 0 Å². The topological polar surface area (TPSA) is 77.5 Å². The first kappa shape index (κ1) is 17.9. The first-order chi connectivity index (χ1) is 13.7. The van der Waals surface area contributed by atoms with E-state index in [-0.39, 0.29) is 5.91 Å². The zero-order valence-electron chi connectivity index (χ0n) is 15.7. The first-order valence-electron chi connectivity index (χ1n) is 8.86. The summed E-state index contributed by atoms with van der Waals surface area (Å²) in [6, 6.07) is 11.3. The van der Waals surface area contributed by atoms with Gasteiger partial charge in [-0.2, -0.15) is 0 Å². The van der Waals surface area contributed by atoms with Crippen molar-refractivity contribution in [1.82, 2.24) is 28.8 Å². The first-order valence-corrected chi connectivity index (χ1v) is 8.86. The molecule has 0 spiro atoms. The van der Waals surface area contributed by atoms with Gasteiger partial charge in [-0.25, -0.2) is 15.0 Å². The van der Waals surface area contributed by atoms with E-state index in [4.69, 9.17) is 4.74 Å². The van der Waals surface area contributed by atoms with Crippen LogP contribution in [0.3, 0.4) is 0 Å². The maximum absolute atomic E-state index is 12.9. The Labute approximate surface area is 162 Å². The fraction of sp³-hybridized carbons (Fsp3) is 0.200. The number of carbonyl (C=O) groups excluding carboxylic acids is 1. The van der Waals surface area contributed by atoms with Crippen molar-refractivity contribution in [2.24, 2.45) is 0 Å². The Balaban J connectivity index is 1.75. The van der Waals surface area contributed by atoms with Gasteiger partial charge in [-0.3, -0.25) is 13.8 Å². The summed E-state index contributed by atoms with van der Waals surface area (Å²) in [5.74, 6) is 1.21. The molecule has 0 unspecified atom stereocenters. The predicted octanol–water partition coefficient (Wildman–Crippen LogP) is 2.30. The number of carbonyl (C=O) groups is 1. The van der Waals surface area contributed by atoms with Crippen LogP contribution in [0.5, 0.6) is 0 Å². The number of methoxy groups -OCH3 is 1. The Morgan fingerprint density at radius 3 is 2.82 bits per heavy atom. The Kier molecular flexibility index (Phi) is 4.86. The number of nitrogens with zero attached hydrogens (tertiary/aromatic N) is 6. The Morgan fingerprint density at radius 2 is 2.04 bits per heavy atom. The largest absolute Gasteiger partial charge is 0.383 e. The quantitative estimate of drug-likeness (QED) is 0.516. The van der Waals surface area contributed by atoms with Gasteiger partial charge in [-0.05, 0) is 24.3 Å². The van der Waals surface area contributed by atoms with E-state index in [0.717, 1.165) is 11.3 Å². The van der Waals surface area contributed by atoms with Crippen molar-refractivity contribution < 1.29 is 9.53 Å². The number of imidazole rings is 2. The second-order valence-electron chi connectivity index (χ2n) is 6.31. The highest BCUT2D eigenvalue weighted by molar-refractivity contribution is 5.99. The molecule has 0 saturated carbocycles. The molecule has 0 saturated heterocycles. The molecule has 8 heteroatoms. The van der Waals surface area contributed by atoms with Crippen molar-refractivity contribution in [1.29, 1.82) is 0 Å². The van der Waals surface area contributed by atoms with Crippen molar-refractivity contribution in [2.75, 3.05) is 27.3 Å². The second-order valence-corrected chi connectivity index (χ2v) is 6.31. The van der Waals surface area contributed by atoms with E-state index < -0.39 is 0 Å². The molecule has 0 aromatic carbocycles. The molecule has 28 heavy (non-hydrogen) atoms. The van der Waals surface area contributed by atoms with Crippen LogP contribution in [0.2, 0.25) is 0 Å². The summed E-state index contributed by atoms with van der Waals surface area (Å²) in [5.41, 5.74) is 1.78. The third kappa shape index (κ3) is 3.25. The summed E-state index contributed by atoms with van der Waals surface area (Å²) < 4.78 is 8.77.